The summed E-state index contributed by atoms with van der Waals surface area (Å²) in [4.78, 5) is 27.4. The molecule has 0 saturated heterocycles. The van der Waals surface area contributed by atoms with E-state index in [0.29, 0.717) is 11.6 Å². The number of rotatable bonds is 7. The van der Waals surface area contributed by atoms with E-state index in [0.717, 1.165) is 24.2 Å². The van der Waals surface area contributed by atoms with Crippen molar-refractivity contribution in [3.8, 4) is 6.07 Å². The Morgan fingerprint density at radius 3 is 2.90 bits per heavy atom. The molecule has 0 aliphatic rings. The molecule has 0 fully saturated rings. The Kier molecular flexibility index (Phi) is 6.67. The zero-order valence-electron chi connectivity index (χ0n) is 11.5. The molecule has 0 aliphatic carbocycles. The molecule has 20 heavy (non-hydrogen) atoms. The molecule has 1 amide bonds. The topological polar surface area (TPSA) is 92.1 Å². The molecule has 1 N–H and O–H groups in total. The Morgan fingerprint density at radius 2 is 2.30 bits per heavy atom. The minimum atomic E-state index is -0.986. The molecule has 1 heterocycles. The standard InChI is InChI=1S/C13H17N3O3S/c1-3-5-6-15-11(17)9(7-14)12-16-10(8-20-12)13(18)19-4-2/h8-9H,3-6H2,1-2H3,(H,15,17)/t9-/m0/s1. The summed E-state index contributed by atoms with van der Waals surface area (Å²) in [7, 11) is 0. The maximum absolute atomic E-state index is 11.9. The second kappa shape index (κ2) is 8.27. The summed E-state index contributed by atoms with van der Waals surface area (Å²) in [5, 5.41) is 13.6. The molecule has 0 aliphatic heterocycles. The highest BCUT2D eigenvalue weighted by molar-refractivity contribution is 7.10. The number of thiazole rings is 1. The van der Waals surface area contributed by atoms with Gasteiger partial charge in [0.05, 0.1) is 12.7 Å². The second-order valence-electron chi connectivity index (χ2n) is 4.00. The van der Waals surface area contributed by atoms with Crippen LogP contribution >= 0.6 is 11.3 Å². The molecular formula is C13H17N3O3S. The highest BCUT2D eigenvalue weighted by Crippen LogP contribution is 2.20. The van der Waals surface area contributed by atoms with Crippen LogP contribution in [0.15, 0.2) is 5.38 Å². The molecule has 0 unspecified atom stereocenters. The lowest BCUT2D eigenvalue weighted by molar-refractivity contribution is -0.121. The highest BCUT2D eigenvalue weighted by Gasteiger charge is 2.24. The van der Waals surface area contributed by atoms with Crippen LogP contribution in [0.3, 0.4) is 0 Å². The first-order valence-corrected chi connectivity index (χ1v) is 7.31. The van der Waals surface area contributed by atoms with Crippen LogP contribution < -0.4 is 5.32 Å². The third-order valence-corrected chi connectivity index (χ3v) is 3.38. The van der Waals surface area contributed by atoms with E-state index in [1.165, 1.54) is 5.38 Å². The maximum atomic E-state index is 11.9. The summed E-state index contributed by atoms with van der Waals surface area (Å²) in [6.07, 6.45) is 1.82. The van der Waals surface area contributed by atoms with E-state index in [9.17, 15) is 9.59 Å². The van der Waals surface area contributed by atoms with Gasteiger partial charge in [-0.2, -0.15) is 5.26 Å². The smallest absolute Gasteiger partial charge is 0.357 e. The third-order valence-electron chi connectivity index (χ3n) is 2.47. The molecule has 6 nitrogen and oxygen atoms in total. The number of hydrogen-bond donors (Lipinski definition) is 1. The van der Waals surface area contributed by atoms with Crippen LogP contribution in [0.4, 0.5) is 0 Å². The third kappa shape index (κ3) is 4.31. The lowest BCUT2D eigenvalue weighted by Gasteiger charge is -2.07. The van der Waals surface area contributed by atoms with E-state index in [1.807, 2.05) is 13.0 Å². The van der Waals surface area contributed by atoms with Crippen molar-refractivity contribution < 1.29 is 14.3 Å². The molecule has 0 radical (unpaired) electrons. The lowest BCUT2D eigenvalue weighted by Crippen LogP contribution is -2.29. The first-order chi connectivity index (χ1) is 9.63. The van der Waals surface area contributed by atoms with E-state index in [4.69, 9.17) is 10.00 Å². The van der Waals surface area contributed by atoms with E-state index in [-0.39, 0.29) is 18.2 Å². The van der Waals surface area contributed by atoms with Crippen LogP contribution in [0.1, 0.15) is 48.1 Å². The van der Waals surface area contributed by atoms with Crippen molar-refractivity contribution >= 4 is 23.2 Å². The van der Waals surface area contributed by atoms with Gasteiger partial charge in [-0.3, -0.25) is 4.79 Å². The largest absolute Gasteiger partial charge is 0.461 e. The van der Waals surface area contributed by atoms with Gasteiger partial charge in [0.15, 0.2) is 11.6 Å². The molecule has 7 heteroatoms. The van der Waals surface area contributed by atoms with Crippen molar-refractivity contribution in [2.45, 2.75) is 32.6 Å². The number of esters is 1. The first-order valence-electron chi connectivity index (χ1n) is 6.43. The molecule has 1 rings (SSSR count). The Bertz CT molecular complexity index is 507. The Labute approximate surface area is 121 Å². The molecule has 1 aromatic rings. The van der Waals surface area contributed by atoms with E-state index < -0.39 is 11.9 Å². The van der Waals surface area contributed by atoms with Crippen LogP contribution in [0, 0.1) is 11.3 Å². The van der Waals surface area contributed by atoms with Gasteiger partial charge in [-0.25, -0.2) is 9.78 Å². The first kappa shape index (κ1) is 16.1. The zero-order valence-corrected chi connectivity index (χ0v) is 12.3. The molecule has 108 valence electrons. The monoisotopic (exact) mass is 295 g/mol. The summed E-state index contributed by atoms with van der Waals surface area (Å²) in [5.41, 5.74) is 0.133. The molecule has 0 bridgehead atoms. The van der Waals surface area contributed by atoms with Gasteiger partial charge in [0, 0.05) is 11.9 Å². The van der Waals surface area contributed by atoms with Gasteiger partial charge in [-0.15, -0.1) is 11.3 Å². The second-order valence-corrected chi connectivity index (χ2v) is 4.89. The number of hydrogen-bond acceptors (Lipinski definition) is 6. The number of aromatic nitrogens is 1. The SMILES string of the molecule is CCCCNC(=O)[C@H](C#N)c1nc(C(=O)OCC)cs1. The van der Waals surface area contributed by atoms with E-state index >= 15 is 0 Å². The normalized spacial score (nSPS) is 11.4. The average Bonchev–Trinajstić information content (AvgIpc) is 2.90. The van der Waals surface area contributed by atoms with Crippen LogP contribution in [0.25, 0.3) is 0 Å². The lowest BCUT2D eigenvalue weighted by atomic mass is 10.1. The van der Waals surface area contributed by atoms with Gasteiger partial charge in [0.25, 0.3) is 0 Å². The zero-order chi connectivity index (χ0) is 15.0. The van der Waals surface area contributed by atoms with Crippen LogP contribution in [0.5, 0.6) is 0 Å². The minimum Gasteiger partial charge on any atom is -0.461 e. The molecular weight excluding hydrogens is 278 g/mol. The van der Waals surface area contributed by atoms with Crippen molar-refractivity contribution in [1.82, 2.24) is 10.3 Å². The van der Waals surface area contributed by atoms with Gasteiger partial charge in [-0.05, 0) is 13.3 Å². The van der Waals surface area contributed by atoms with Crippen molar-refractivity contribution in [3.63, 3.8) is 0 Å². The fourth-order valence-corrected chi connectivity index (χ4v) is 2.26. The number of unbranched alkanes of at least 4 members (excludes halogenated alkanes) is 1. The number of nitriles is 1. The summed E-state index contributed by atoms with van der Waals surface area (Å²) in [6.45, 7) is 4.50. The number of carbonyl (C=O) groups excluding carboxylic acids is 2. The quantitative estimate of drug-likeness (QED) is 0.612. The fraction of sp³-hybridized carbons (Fsp3) is 0.538. The van der Waals surface area contributed by atoms with Crippen molar-refractivity contribution in [1.29, 1.82) is 5.26 Å². The van der Waals surface area contributed by atoms with Gasteiger partial charge in [0.1, 0.15) is 5.01 Å². The highest BCUT2D eigenvalue weighted by atomic mass is 32.1. The number of amides is 1. The maximum Gasteiger partial charge on any atom is 0.357 e. The van der Waals surface area contributed by atoms with Crippen molar-refractivity contribution in [2.75, 3.05) is 13.2 Å². The van der Waals surface area contributed by atoms with Gasteiger partial charge >= 0.3 is 5.97 Å². The predicted molar refractivity (Wildman–Crippen MR) is 74.3 cm³/mol. The van der Waals surface area contributed by atoms with Gasteiger partial charge in [-0.1, -0.05) is 13.3 Å². The molecule has 0 aromatic carbocycles. The average molecular weight is 295 g/mol. The Morgan fingerprint density at radius 1 is 1.55 bits per heavy atom. The van der Waals surface area contributed by atoms with E-state index in [1.54, 1.807) is 6.92 Å². The number of ether oxygens (including phenoxy) is 1. The molecule has 1 aromatic heterocycles. The number of nitrogens with one attached hydrogen (secondary N) is 1. The van der Waals surface area contributed by atoms with Crippen LogP contribution in [-0.2, 0) is 9.53 Å². The molecule has 0 saturated carbocycles. The minimum absolute atomic E-state index is 0.133. The number of carbonyl (C=O) groups is 2. The van der Waals surface area contributed by atoms with Crippen LogP contribution in [-0.4, -0.2) is 30.0 Å². The summed E-state index contributed by atoms with van der Waals surface area (Å²) < 4.78 is 4.82. The van der Waals surface area contributed by atoms with Crippen LogP contribution in [0.2, 0.25) is 0 Å². The Hall–Kier alpha value is -1.94. The van der Waals surface area contributed by atoms with Gasteiger partial charge in [0.2, 0.25) is 5.91 Å². The molecule has 1 atom stereocenters. The van der Waals surface area contributed by atoms with Crippen molar-refractivity contribution in [3.05, 3.63) is 16.1 Å². The number of nitrogens with zero attached hydrogens (tertiary/aromatic N) is 2. The fourth-order valence-electron chi connectivity index (χ4n) is 1.44. The Balaban J connectivity index is 2.73. The summed E-state index contributed by atoms with van der Waals surface area (Å²) in [6, 6.07) is 1.91. The van der Waals surface area contributed by atoms with Crippen molar-refractivity contribution in [2.24, 2.45) is 0 Å². The predicted octanol–water partition coefficient (Wildman–Crippen LogP) is 1.84. The summed E-state index contributed by atoms with van der Waals surface area (Å²) in [5.74, 6) is -1.91. The molecule has 0 spiro atoms. The summed E-state index contributed by atoms with van der Waals surface area (Å²) >= 11 is 1.11. The van der Waals surface area contributed by atoms with E-state index in [2.05, 4.69) is 10.3 Å². The van der Waals surface area contributed by atoms with Gasteiger partial charge < -0.3 is 10.1 Å².